The summed E-state index contributed by atoms with van der Waals surface area (Å²) < 4.78 is 0. The van der Waals surface area contributed by atoms with Crippen LogP contribution in [0.2, 0.25) is 0 Å². The van der Waals surface area contributed by atoms with Gasteiger partial charge in [0.15, 0.2) is 10.2 Å². The van der Waals surface area contributed by atoms with Crippen LogP contribution in [0, 0.1) is 23.7 Å². The molecule has 22 heavy (non-hydrogen) atoms. The number of nitrogens with one attached hydrogen (secondary N) is 4. The van der Waals surface area contributed by atoms with Gasteiger partial charge in [0.2, 0.25) is 0 Å². The smallest absolute Gasteiger partial charge is 0.185 e. The minimum absolute atomic E-state index is 0.476. The van der Waals surface area contributed by atoms with E-state index in [9.17, 15) is 0 Å². The molecule has 4 nitrogen and oxygen atoms in total. The molecular formula is C16H24N4S2. The fourth-order valence-corrected chi connectivity index (χ4v) is 5.30. The predicted octanol–water partition coefficient (Wildman–Crippen LogP) is 1.98. The summed E-state index contributed by atoms with van der Waals surface area (Å²) in [6, 6.07) is 1.03. The third-order valence-corrected chi connectivity index (χ3v) is 6.38. The molecule has 4 bridgehead atoms. The molecule has 0 heterocycles. The van der Waals surface area contributed by atoms with Gasteiger partial charge in [0, 0.05) is 12.1 Å². The van der Waals surface area contributed by atoms with Crippen molar-refractivity contribution in [3.8, 4) is 0 Å². The van der Waals surface area contributed by atoms with E-state index in [0.717, 1.165) is 17.8 Å². The summed E-state index contributed by atoms with van der Waals surface area (Å²) in [6.07, 6.45) is 12.5. The Kier molecular flexibility index (Phi) is 3.98. The van der Waals surface area contributed by atoms with E-state index < -0.39 is 0 Å². The summed E-state index contributed by atoms with van der Waals surface area (Å²) in [5.74, 6) is 3.13. The first-order valence-electron chi connectivity index (χ1n) is 8.48. The summed E-state index contributed by atoms with van der Waals surface area (Å²) in [4.78, 5) is 0. The molecule has 4 aliphatic carbocycles. The van der Waals surface area contributed by atoms with Crippen LogP contribution < -0.4 is 21.5 Å². The molecule has 6 atom stereocenters. The summed E-state index contributed by atoms with van der Waals surface area (Å²) >= 11 is 10.7. The van der Waals surface area contributed by atoms with Gasteiger partial charge in [-0.05, 0) is 80.2 Å². The topological polar surface area (TPSA) is 48.1 Å². The van der Waals surface area contributed by atoms with Gasteiger partial charge < -0.3 is 10.6 Å². The van der Waals surface area contributed by atoms with E-state index in [1.165, 1.54) is 38.5 Å². The Hall–Kier alpha value is -0.880. The third kappa shape index (κ3) is 2.95. The Labute approximate surface area is 142 Å². The van der Waals surface area contributed by atoms with Crippen molar-refractivity contribution < 1.29 is 0 Å². The molecule has 0 saturated heterocycles. The maximum Gasteiger partial charge on any atom is 0.185 e. The molecule has 0 aromatic heterocycles. The standard InChI is InChI=1S/C16H24N4S2/c21-15(17-13-7-9-1-3-11(13)5-9)19-20-16(22)18-14-8-10-2-4-12(14)6-10/h1,3,9-14H,2,4-8H2,(H2,17,19,21)(H2,18,20,22)/t9-,10-,11-,12+,13+,14-/m0/s1. The van der Waals surface area contributed by atoms with Gasteiger partial charge in [-0.1, -0.05) is 18.6 Å². The molecule has 0 aromatic rings. The first-order chi connectivity index (χ1) is 10.7. The van der Waals surface area contributed by atoms with E-state index in [-0.39, 0.29) is 0 Å². The SMILES string of the molecule is S=C(NNC(=S)N[C@@H]1C[C@H]2C=C[C@H]1C2)N[C@H]1C[C@H]2CC[C@@H]1C2. The van der Waals surface area contributed by atoms with Crippen LogP contribution in [0.5, 0.6) is 0 Å². The molecule has 0 spiro atoms. The molecule has 0 aliphatic heterocycles. The highest BCUT2D eigenvalue weighted by molar-refractivity contribution is 7.80. The highest BCUT2D eigenvalue weighted by Crippen LogP contribution is 2.44. The van der Waals surface area contributed by atoms with E-state index >= 15 is 0 Å². The van der Waals surface area contributed by atoms with Gasteiger partial charge in [-0.25, -0.2) is 0 Å². The van der Waals surface area contributed by atoms with Gasteiger partial charge in [-0.2, -0.15) is 0 Å². The normalized spacial score (nSPS) is 40.7. The summed E-state index contributed by atoms with van der Waals surface area (Å²) in [5, 5.41) is 8.15. The monoisotopic (exact) mass is 336 g/mol. The number of thiocarbonyl (C=S) groups is 2. The van der Waals surface area contributed by atoms with E-state index in [2.05, 4.69) is 33.6 Å². The van der Waals surface area contributed by atoms with Crippen LogP contribution >= 0.6 is 24.4 Å². The first-order valence-corrected chi connectivity index (χ1v) is 9.30. The Morgan fingerprint density at radius 3 is 2.14 bits per heavy atom. The van der Waals surface area contributed by atoms with Crippen LogP contribution in [0.4, 0.5) is 0 Å². The number of fused-ring (bicyclic) bond motifs is 4. The molecule has 0 amide bonds. The largest absolute Gasteiger partial charge is 0.358 e. The zero-order valence-corrected chi connectivity index (χ0v) is 14.3. The fourth-order valence-electron chi connectivity index (χ4n) is 4.89. The van der Waals surface area contributed by atoms with E-state index in [1.807, 2.05) is 0 Å². The van der Waals surface area contributed by atoms with Crippen molar-refractivity contribution in [2.24, 2.45) is 23.7 Å². The van der Waals surface area contributed by atoms with Crippen molar-refractivity contribution >= 4 is 34.7 Å². The van der Waals surface area contributed by atoms with Gasteiger partial charge in [0.05, 0.1) is 0 Å². The average molecular weight is 337 g/mol. The number of hydrazine groups is 1. The molecule has 0 radical (unpaired) electrons. The van der Waals surface area contributed by atoms with Crippen molar-refractivity contribution in [3.05, 3.63) is 12.2 Å². The maximum absolute atomic E-state index is 5.38. The van der Waals surface area contributed by atoms with Crippen molar-refractivity contribution in [2.75, 3.05) is 0 Å². The number of rotatable bonds is 2. The van der Waals surface area contributed by atoms with Crippen molar-refractivity contribution in [1.82, 2.24) is 21.5 Å². The molecule has 4 rings (SSSR count). The first kappa shape index (κ1) is 14.7. The second kappa shape index (κ2) is 5.96. The van der Waals surface area contributed by atoms with Crippen LogP contribution in [-0.2, 0) is 0 Å². The molecular weight excluding hydrogens is 312 g/mol. The second-order valence-electron chi connectivity index (χ2n) is 7.37. The molecule has 6 heteroatoms. The average Bonchev–Trinajstić information content (AvgIpc) is 3.25. The predicted molar refractivity (Wildman–Crippen MR) is 96.1 cm³/mol. The maximum atomic E-state index is 5.38. The molecule has 3 fully saturated rings. The molecule has 120 valence electrons. The minimum atomic E-state index is 0.476. The Morgan fingerprint density at radius 1 is 0.818 bits per heavy atom. The van der Waals surface area contributed by atoms with E-state index in [1.54, 1.807) is 0 Å². The molecule has 0 aromatic carbocycles. The van der Waals surface area contributed by atoms with Crippen molar-refractivity contribution in [1.29, 1.82) is 0 Å². The lowest BCUT2D eigenvalue weighted by molar-refractivity contribution is 0.388. The van der Waals surface area contributed by atoms with E-state index in [0.29, 0.717) is 28.2 Å². The number of allylic oxidation sites excluding steroid dienone is 1. The quantitative estimate of drug-likeness (QED) is 0.351. The van der Waals surface area contributed by atoms with E-state index in [4.69, 9.17) is 24.4 Å². The minimum Gasteiger partial charge on any atom is -0.358 e. The van der Waals surface area contributed by atoms with Gasteiger partial charge in [-0.3, -0.25) is 10.9 Å². The van der Waals surface area contributed by atoms with Crippen LogP contribution in [-0.4, -0.2) is 22.3 Å². The van der Waals surface area contributed by atoms with Crippen molar-refractivity contribution in [3.63, 3.8) is 0 Å². The lowest BCUT2D eigenvalue weighted by Crippen LogP contribution is -2.54. The van der Waals surface area contributed by atoms with Crippen molar-refractivity contribution in [2.45, 2.75) is 50.6 Å². The summed E-state index contributed by atoms with van der Waals surface area (Å²) in [7, 11) is 0. The van der Waals surface area contributed by atoms with Crippen LogP contribution in [0.15, 0.2) is 12.2 Å². The highest BCUT2D eigenvalue weighted by atomic mass is 32.1. The highest BCUT2D eigenvalue weighted by Gasteiger charge is 2.39. The van der Waals surface area contributed by atoms with Crippen LogP contribution in [0.3, 0.4) is 0 Å². The Morgan fingerprint density at radius 2 is 1.59 bits per heavy atom. The lowest BCUT2D eigenvalue weighted by atomic mass is 9.96. The van der Waals surface area contributed by atoms with Crippen LogP contribution in [0.25, 0.3) is 0 Å². The zero-order chi connectivity index (χ0) is 15.1. The molecule has 0 unspecified atom stereocenters. The molecule has 4 N–H and O–H groups in total. The number of hydrogen-bond acceptors (Lipinski definition) is 2. The number of hydrogen-bond donors (Lipinski definition) is 4. The lowest BCUT2D eigenvalue weighted by Gasteiger charge is -2.26. The Bertz CT molecular complexity index is 506. The van der Waals surface area contributed by atoms with Gasteiger partial charge in [-0.15, -0.1) is 0 Å². The fraction of sp³-hybridized carbons (Fsp3) is 0.750. The Balaban J connectivity index is 1.17. The van der Waals surface area contributed by atoms with Gasteiger partial charge in [0.25, 0.3) is 0 Å². The van der Waals surface area contributed by atoms with Gasteiger partial charge >= 0.3 is 0 Å². The third-order valence-electron chi connectivity index (χ3n) is 5.94. The molecule has 3 saturated carbocycles. The summed E-state index contributed by atoms with van der Waals surface area (Å²) in [6.45, 7) is 0. The second-order valence-corrected chi connectivity index (χ2v) is 8.18. The zero-order valence-electron chi connectivity index (χ0n) is 12.7. The summed E-state index contributed by atoms with van der Waals surface area (Å²) in [5.41, 5.74) is 6.06. The molecule has 4 aliphatic rings. The van der Waals surface area contributed by atoms with Crippen LogP contribution in [0.1, 0.15) is 38.5 Å². The van der Waals surface area contributed by atoms with Gasteiger partial charge in [0.1, 0.15) is 0 Å².